The Labute approximate surface area is 142 Å². The lowest BCUT2D eigenvalue weighted by molar-refractivity contribution is -0.218. The minimum atomic E-state index is -0.951. The molecule has 0 aromatic heterocycles. The second-order valence-corrected chi connectivity index (χ2v) is 8.15. The number of ether oxygens (including phenoxy) is 2. The van der Waals surface area contributed by atoms with Gasteiger partial charge in [0.25, 0.3) is 0 Å². The monoisotopic (exact) mass is 340 g/mol. The van der Waals surface area contributed by atoms with Crippen LogP contribution in [0.2, 0.25) is 0 Å². The van der Waals surface area contributed by atoms with Crippen molar-refractivity contribution in [3.05, 3.63) is 0 Å². The van der Waals surface area contributed by atoms with Crippen LogP contribution in [0.4, 0.5) is 0 Å². The van der Waals surface area contributed by atoms with Crippen LogP contribution in [0.5, 0.6) is 0 Å². The highest BCUT2D eigenvalue weighted by molar-refractivity contribution is 5.77. The summed E-state index contributed by atoms with van der Waals surface area (Å²) in [4.78, 5) is 23.7. The summed E-state index contributed by atoms with van der Waals surface area (Å²) in [6, 6.07) is 0. The van der Waals surface area contributed by atoms with E-state index < -0.39 is 23.1 Å². The zero-order valence-electron chi connectivity index (χ0n) is 14.5. The number of esters is 2. The molecule has 0 aliphatic heterocycles. The molecule has 0 aromatic rings. The third-order valence-corrected chi connectivity index (χ3v) is 6.18. The van der Waals surface area contributed by atoms with E-state index >= 15 is 0 Å². The number of hydrogen-bond acceptors (Lipinski definition) is 6. The third kappa shape index (κ3) is 3.45. The molecule has 6 unspecified atom stereocenters. The van der Waals surface area contributed by atoms with Gasteiger partial charge in [0, 0.05) is 12.8 Å². The molecule has 3 aliphatic carbocycles. The van der Waals surface area contributed by atoms with Crippen LogP contribution < -0.4 is 0 Å². The number of rotatable bonds is 5. The van der Waals surface area contributed by atoms with Crippen LogP contribution >= 0.6 is 0 Å². The maximum absolute atomic E-state index is 12.1. The summed E-state index contributed by atoms with van der Waals surface area (Å²) in [5, 5.41) is 21.3. The van der Waals surface area contributed by atoms with Crippen LogP contribution in [0.3, 0.4) is 0 Å². The van der Waals surface area contributed by atoms with Gasteiger partial charge in [-0.1, -0.05) is 13.8 Å². The van der Waals surface area contributed by atoms with Crippen LogP contribution in [0.15, 0.2) is 0 Å². The van der Waals surface area contributed by atoms with Crippen molar-refractivity contribution in [2.24, 2.45) is 17.8 Å². The molecule has 0 amide bonds. The summed E-state index contributed by atoms with van der Waals surface area (Å²) in [7, 11) is 0. The highest BCUT2D eigenvalue weighted by atomic mass is 16.6. The van der Waals surface area contributed by atoms with Gasteiger partial charge in [-0.15, -0.1) is 0 Å². The Balaban J connectivity index is 1.58. The van der Waals surface area contributed by atoms with E-state index in [-0.39, 0.29) is 30.5 Å². The van der Waals surface area contributed by atoms with Crippen LogP contribution in [0.25, 0.3) is 0 Å². The Morgan fingerprint density at radius 2 is 1.92 bits per heavy atom. The first kappa shape index (κ1) is 17.7. The fourth-order valence-corrected chi connectivity index (χ4v) is 4.91. The van der Waals surface area contributed by atoms with Gasteiger partial charge in [-0.3, -0.25) is 4.79 Å². The van der Waals surface area contributed by atoms with E-state index in [9.17, 15) is 19.8 Å². The number of carbonyl (C=O) groups excluding carboxylic acids is 2. The van der Waals surface area contributed by atoms with E-state index in [2.05, 4.69) is 0 Å². The van der Waals surface area contributed by atoms with Crippen LogP contribution in [-0.4, -0.2) is 46.1 Å². The molecule has 136 valence electrons. The number of carbonyl (C=O) groups is 2. The molecule has 24 heavy (non-hydrogen) atoms. The van der Waals surface area contributed by atoms with E-state index in [1.54, 1.807) is 6.92 Å². The molecule has 0 heterocycles. The van der Waals surface area contributed by atoms with E-state index in [0.29, 0.717) is 38.5 Å². The molecule has 0 aromatic carbocycles. The van der Waals surface area contributed by atoms with Crippen molar-refractivity contribution in [3.8, 4) is 0 Å². The van der Waals surface area contributed by atoms with Crippen molar-refractivity contribution in [1.29, 1.82) is 0 Å². The molecule has 3 rings (SSSR count). The van der Waals surface area contributed by atoms with Gasteiger partial charge in [-0.2, -0.15) is 0 Å². The molecule has 3 bridgehead atoms. The Hall–Kier alpha value is -1.14. The average molecular weight is 340 g/mol. The third-order valence-electron chi connectivity index (χ3n) is 6.18. The molecule has 6 nitrogen and oxygen atoms in total. The summed E-state index contributed by atoms with van der Waals surface area (Å²) in [6.07, 6.45) is 3.84. The van der Waals surface area contributed by atoms with Crippen molar-refractivity contribution in [2.75, 3.05) is 6.61 Å². The Kier molecular flexibility index (Phi) is 4.64. The predicted octanol–water partition coefficient (Wildman–Crippen LogP) is 1.56. The fourth-order valence-electron chi connectivity index (χ4n) is 4.91. The minimum absolute atomic E-state index is 0.181. The highest BCUT2D eigenvalue weighted by Crippen LogP contribution is 2.56. The number of hydrogen-bond donors (Lipinski definition) is 2. The fraction of sp³-hybridized carbons (Fsp3) is 0.889. The van der Waals surface area contributed by atoms with Crippen LogP contribution in [0.1, 0.15) is 58.8 Å². The first-order valence-corrected chi connectivity index (χ1v) is 9.04. The molecular formula is C18H28O6. The smallest absolute Gasteiger partial charge is 0.344 e. The SMILES string of the molecule is CCC(C)C(=O)OCC(=O)OC1CC2(O)CC3CC(O)(CCC31)C2. The zero-order valence-corrected chi connectivity index (χ0v) is 14.5. The van der Waals surface area contributed by atoms with Crippen molar-refractivity contribution in [3.63, 3.8) is 0 Å². The van der Waals surface area contributed by atoms with Crippen molar-refractivity contribution in [2.45, 2.75) is 76.1 Å². The molecule has 0 spiro atoms. The topological polar surface area (TPSA) is 93.1 Å². The summed E-state index contributed by atoms with van der Waals surface area (Å²) < 4.78 is 10.6. The Morgan fingerprint density at radius 3 is 2.62 bits per heavy atom. The number of aliphatic hydroxyl groups is 2. The van der Waals surface area contributed by atoms with Gasteiger partial charge in [0.1, 0.15) is 6.10 Å². The van der Waals surface area contributed by atoms with Crippen molar-refractivity contribution < 1.29 is 29.3 Å². The van der Waals surface area contributed by atoms with Crippen molar-refractivity contribution >= 4 is 11.9 Å². The molecule has 2 N–H and O–H groups in total. The molecule has 3 saturated carbocycles. The minimum Gasteiger partial charge on any atom is -0.459 e. The second kappa shape index (κ2) is 6.30. The average Bonchev–Trinajstić information content (AvgIpc) is 2.49. The van der Waals surface area contributed by atoms with Gasteiger partial charge in [0.15, 0.2) is 6.61 Å². The molecule has 3 aliphatic rings. The normalized spacial score (nSPS) is 41.6. The molecule has 0 radical (unpaired) electrons. The van der Waals surface area contributed by atoms with Gasteiger partial charge < -0.3 is 19.7 Å². The first-order chi connectivity index (χ1) is 11.2. The highest BCUT2D eigenvalue weighted by Gasteiger charge is 2.58. The zero-order chi connectivity index (χ0) is 17.5. The molecule has 3 fully saturated rings. The molecule has 6 atom stereocenters. The summed E-state index contributed by atoms with van der Waals surface area (Å²) in [6.45, 7) is 3.27. The maximum atomic E-state index is 12.1. The molecule has 6 heteroatoms. The largest absolute Gasteiger partial charge is 0.459 e. The Morgan fingerprint density at radius 1 is 1.21 bits per heavy atom. The van der Waals surface area contributed by atoms with E-state index in [1.165, 1.54) is 0 Å². The van der Waals surface area contributed by atoms with Gasteiger partial charge in [-0.05, 0) is 43.9 Å². The lowest BCUT2D eigenvalue weighted by Crippen LogP contribution is -2.61. The summed E-state index contributed by atoms with van der Waals surface area (Å²) in [5.74, 6) is -0.808. The standard InChI is InChI=1S/C18H28O6/c1-3-11(2)16(20)23-9-15(19)24-14-8-18(22)7-12-6-17(21,10-18)5-4-13(12)14/h11-14,21-22H,3-10H2,1-2H3. The van der Waals surface area contributed by atoms with Gasteiger partial charge in [-0.25, -0.2) is 4.79 Å². The van der Waals surface area contributed by atoms with Crippen LogP contribution in [-0.2, 0) is 19.1 Å². The Bertz CT molecular complexity index is 518. The lowest BCUT2D eigenvalue weighted by Gasteiger charge is -2.58. The van der Waals surface area contributed by atoms with Gasteiger partial charge in [0.2, 0.25) is 0 Å². The summed E-state index contributed by atoms with van der Waals surface area (Å²) >= 11 is 0. The maximum Gasteiger partial charge on any atom is 0.344 e. The molecule has 0 saturated heterocycles. The first-order valence-electron chi connectivity index (χ1n) is 9.04. The van der Waals surface area contributed by atoms with E-state index in [0.717, 1.165) is 6.42 Å². The van der Waals surface area contributed by atoms with Crippen molar-refractivity contribution in [1.82, 2.24) is 0 Å². The van der Waals surface area contributed by atoms with Gasteiger partial charge in [0.05, 0.1) is 17.1 Å². The van der Waals surface area contributed by atoms with E-state index in [1.807, 2.05) is 6.92 Å². The number of fused-ring (bicyclic) bond motifs is 2. The quantitative estimate of drug-likeness (QED) is 0.738. The van der Waals surface area contributed by atoms with Gasteiger partial charge >= 0.3 is 11.9 Å². The predicted molar refractivity (Wildman–Crippen MR) is 84.9 cm³/mol. The second-order valence-electron chi connectivity index (χ2n) is 8.15. The molecular weight excluding hydrogens is 312 g/mol. The summed E-state index contributed by atoms with van der Waals surface area (Å²) in [5.41, 5.74) is -1.71. The lowest BCUT2D eigenvalue weighted by atomic mass is 9.53. The van der Waals surface area contributed by atoms with Crippen LogP contribution in [0, 0.1) is 17.8 Å². The van der Waals surface area contributed by atoms with E-state index in [4.69, 9.17) is 9.47 Å².